The van der Waals surface area contributed by atoms with Crippen LogP contribution in [0.1, 0.15) is 25.8 Å². The molecule has 0 saturated carbocycles. The molecule has 1 aromatic carbocycles. The summed E-state index contributed by atoms with van der Waals surface area (Å²) in [6.45, 7) is 5.96. The van der Waals surface area contributed by atoms with Crippen molar-refractivity contribution in [3.63, 3.8) is 0 Å². The van der Waals surface area contributed by atoms with Crippen LogP contribution in [0.15, 0.2) is 29.2 Å². The third kappa shape index (κ3) is 2.88. The number of hydrogen-bond acceptors (Lipinski definition) is 2. The summed E-state index contributed by atoms with van der Waals surface area (Å²) < 4.78 is 0. The minimum Gasteiger partial charge on any atom is -0.298 e. The molecule has 0 aromatic heterocycles. The molecule has 1 unspecified atom stereocenters. The highest BCUT2D eigenvalue weighted by atomic mass is 32.2. The van der Waals surface area contributed by atoms with Crippen molar-refractivity contribution in [2.45, 2.75) is 37.3 Å². The van der Waals surface area contributed by atoms with Gasteiger partial charge in [-0.25, -0.2) is 0 Å². The van der Waals surface area contributed by atoms with E-state index in [-0.39, 0.29) is 5.25 Å². The number of carbonyl (C=O) groups is 1. The van der Waals surface area contributed by atoms with E-state index in [1.165, 1.54) is 10.5 Å². The highest BCUT2D eigenvalue weighted by Gasteiger charge is 2.12. The Bertz CT molecular complexity index is 320. The summed E-state index contributed by atoms with van der Waals surface area (Å²) in [6, 6.07) is 8.18. The molecule has 0 saturated heterocycles. The van der Waals surface area contributed by atoms with Gasteiger partial charge in [0.05, 0.1) is 5.25 Å². The quantitative estimate of drug-likeness (QED) is 0.705. The predicted molar refractivity (Wildman–Crippen MR) is 61.8 cm³/mol. The molecule has 0 fully saturated rings. The fraction of sp³-hybridized carbons (Fsp3) is 0.417. The van der Waals surface area contributed by atoms with Crippen molar-refractivity contribution >= 4 is 17.5 Å². The van der Waals surface area contributed by atoms with E-state index in [4.69, 9.17) is 0 Å². The smallest absolute Gasteiger partial charge is 0.145 e. The zero-order valence-corrected chi connectivity index (χ0v) is 9.73. The molecule has 0 aliphatic heterocycles. The average molecular weight is 208 g/mol. The summed E-state index contributed by atoms with van der Waals surface area (Å²) in [5.74, 6) is 0.318. The van der Waals surface area contributed by atoms with E-state index < -0.39 is 0 Å². The standard InChI is InChI=1S/C12H16OS/c1-4-11(13)10(3)14-12-8-6-5-7-9(12)2/h5-8,10H,4H2,1-3H3. The molecule has 0 aliphatic rings. The molecule has 1 rings (SSSR count). The van der Waals surface area contributed by atoms with Crippen molar-refractivity contribution in [2.24, 2.45) is 0 Å². The van der Waals surface area contributed by atoms with Gasteiger partial charge >= 0.3 is 0 Å². The maximum atomic E-state index is 11.4. The summed E-state index contributed by atoms with van der Waals surface area (Å²) in [6.07, 6.45) is 0.625. The molecule has 1 nitrogen and oxygen atoms in total. The van der Waals surface area contributed by atoms with Crippen LogP contribution in [-0.2, 0) is 4.79 Å². The highest BCUT2D eigenvalue weighted by molar-refractivity contribution is 8.00. The Morgan fingerprint density at radius 2 is 2.07 bits per heavy atom. The molecule has 0 radical (unpaired) electrons. The molecule has 76 valence electrons. The zero-order valence-electron chi connectivity index (χ0n) is 8.91. The summed E-state index contributed by atoms with van der Waals surface area (Å²) in [5.41, 5.74) is 1.24. The van der Waals surface area contributed by atoms with Gasteiger partial charge < -0.3 is 0 Å². The number of carbonyl (C=O) groups excluding carboxylic acids is 1. The fourth-order valence-electron chi connectivity index (χ4n) is 1.23. The molecular formula is C12H16OS. The lowest BCUT2D eigenvalue weighted by Crippen LogP contribution is -2.11. The number of benzene rings is 1. The molecule has 1 aromatic rings. The van der Waals surface area contributed by atoms with Gasteiger partial charge in [-0.2, -0.15) is 0 Å². The second kappa shape index (κ2) is 5.20. The molecule has 1 atom stereocenters. The second-order valence-corrected chi connectivity index (χ2v) is 4.73. The molecule has 0 heterocycles. The van der Waals surface area contributed by atoms with Crippen LogP contribution in [0, 0.1) is 6.92 Å². The number of ketones is 1. The fourth-order valence-corrected chi connectivity index (χ4v) is 2.32. The van der Waals surface area contributed by atoms with Crippen molar-refractivity contribution in [1.82, 2.24) is 0 Å². The number of aryl methyl sites for hydroxylation is 1. The van der Waals surface area contributed by atoms with Crippen molar-refractivity contribution in [3.05, 3.63) is 29.8 Å². The summed E-state index contributed by atoms with van der Waals surface area (Å²) >= 11 is 1.65. The van der Waals surface area contributed by atoms with E-state index in [9.17, 15) is 4.79 Å². The lowest BCUT2D eigenvalue weighted by Gasteiger charge is -2.10. The Hall–Kier alpha value is -0.760. The topological polar surface area (TPSA) is 17.1 Å². The maximum Gasteiger partial charge on any atom is 0.145 e. The third-order valence-electron chi connectivity index (χ3n) is 2.20. The summed E-state index contributed by atoms with van der Waals surface area (Å²) in [7, 11) is 0. The lowest BCUT2D eigenvalue weighted by atomic mass is 10.2. The largest absolute Gasteiger partial charge is 0.298 e. The minimum absolute atomic E-state index is 0.0705. The Kier molecular flexibility index (Phi) is 4.21. The number of hydrogen-bond donors (Lipinski definition) is 0. The SMILES string of the molecule is CCC(=O)C(C)Sc1ccccc1C. The van der Waals surface area contributed by atoms with E-state index in [2.05, 4.69) is 19.1 Å². The van der Waals surface area contributed by atoms with Gasteiger partial charge in [0.15, 0.2) is 0 Å². The molecular weight excluding hydrogens is 192 g/mol. The first kappa shape index (κ1) is 11.3. The van der Waals surface area contributed by atoms with Crippen molar-refractivity contribution in [2.75, 3.05) is 0 Å². The number of thioether (sulfide) groups is 1. The van der Waals surface area contributed by atoms with Gasteiger partial charge in [0.25, 0.3) is 0 Å². The normalized spacial score (nSPS) is 12.5. The monoisotopic (exact) mass is 208 g/mol. The first-order valence-electron chi connectivity index (χ1n) is 4.90. The first-order chi connectivity index (χ1) is 6.65. The van der Waals surface area contributed by atoms with Crippen LogP contribution in [0.4, 0.5) is 0 Å². The van der Waals surface area contributed by atoms with Gasteiger partial charge in [-0.3, -0.25) is 4.79 Å². The van der Waals surface area contributed by atoms with Crippen LogP contribution in [-0.4, -0.2) is 11.0 Å². The van der Waals surface area contributed by atoms with Crippen molar-refractivity contribution in [3.8, 4) is 0 Å². The van der Waals surface area contributed by atoms with Gasteiger partial charge in [-0.1, -0.05) is 25.1 Å². The van der Waals surface area contributed by atoms with E-state index in [0.717, 1.165) is 0 Å². The zero-order chi connectivity index (χ0) is 10.6. The second-order valence-electron chi connectivity index (χ2n) is 3.35. The van der Waals surface area contributed by atoms with E-state index in [0.29, 0.717) is 12.2 Å². The van der Waals surface area contributed by atoms with Crippen LogP contribution >= 0.6 is 11.8 Å². The minimum atomic E-state index is 0.0705. The van der Waals surface area contributed by atoms with Gasteiger partial charge in [0, 0.05) is 11.3 Å². The molecule has 0 spiro atoms. The molecule has 0 N–H and O–H groups in total. The van der Waals surface area contributed by atoms with Crippen LogP contribution in [0.3, 0.4) is 0 Å². The van der Waals surface area contributed by atoms with Crippen molar-refractivity contribution in [1.29, 1.82) is 0 Å². The molecule has 2 heteroatoms. The molecule has 14 heavy (non-hydrogen) atoms. The Balaban J connectivity index is 2.69. The lowest BCUT2D eigenvalue weighted by molar-refractivity contribution is -0.117. The average Bonchev–Trinajstić information content (AvgIpc) is 2.20. The van der Waals surface area contributed by atoms with E-state index in [1.54, 1.807) is 11.8 Å². The van der Waals surface area contributed by atoms with Crippen LogP contribution in [0.5, 0.6) is 0 Å². The van der Waals surface area contributed by atoms with Gasteiger partial charge in [-0.05, 0) is 25.5 Å². The third-order valence-corrected chi connectivity index (χ3v) is 3.53. The number of rotatable bonds is 4. The van der Waals surface area contributed by atoms with Crippen LogP contribution in [0.25, 0.3) is 0 Å². The van der Waals surface area contributed by atoms with Crippen LogP contribution in [0.2, 0.25) is 0 Å². The summed E-state index contributed by atoms with van der Waals surface area (Å²) in [5, 5.41) is 0.0705. The van der Waals surface area contributed by atoms with Gasteiger partial charge in [-0.15, -0.1) is 11.8 Å². The first-order valence-corrected chi connectivity index (χ1v) is 5.78. The maximum absolute atomic E-state index is 11.4. The number of Topliss-reactive ketones (excluding diaryl/α,β-unsaturated/α-hetero) is 1. The molecule has 0 bridgehead atoms. The Morgan fingerprint density at radius 1 is 1.43 bits per heavy atom. The van der Waals surface area contributed by atoms with Crippen LogP contribution < -0.4 is 0 Å². The van der Waals surface area contributed by atoms with Crippen molar-refractivity contribution < 1.29 is 4.79 Å². The Morgan fingerprint density at radius 3 is 2.64 bits per heavy atom. The summed E-state index contributed by atoms with van der Waals surface area (Å²) in [4.78, 5) is 12.6. The highest BCUT2D eigenvalue weighted by Crippen LogP contribution is 2.26. The predicted octanol–water partition coefficient (Wildman–Crippen LogP) is 3.45. The Labute approximate surface area is 89.9 Å². The van der Waals surface area contributed by atoms with E-state index in [1.807, 2.05) is 26.0 Å². The molecule has 0 amide bonds. The molecule has 0 aliphatic carbocycles. The van der Waals surface area contributed by atoms with Gasteiger partial charge in [0.1, 0.15) is 5.78 Å². The van der Waals surface area contributed by atoms with E-state index >= 15 is 0 Å². The van der Waals surface area contributed by atoms with Gasteiger partial charge in [0.2, 0.25) is 0 Å².